The van der Waals surface area contributed by atoms with Crippen LogP contribution in [0.3, 0.4) is 0 Å². The van der Waals surface area contributed by atoms with E-state index >= 15 is 0 Å². The number of aryl methyl sites for hydroxylation is 2. The summed E-state index contributed by atoms with van der Waals surface area (Å²) in [4.78, 5) is 4.68. The van der Waals surface area contributed by atoms with Crippen molar-refractivity contribution in [3.05, 3.63) is 72.5 Å². The second kappa shape index (κ2) is 6.87. The van der Waals surface area contributed by atoms with Gasteiger partial charge in [-0.2, -0.15) is 0 Å². The van der Waals surface area contributed by atoms with E-state index in [0.29, 0.717) is 0 Å². The SMILES string of the molecule is Cc1cc(Cc2csc(-c3ccc(F)c(Cl)c3)n2)c(C)cc1I. The first-order chi connectivity index (χ1) is 10.9. The van der Waals surface area contributed by atoms with Gasteiger partial charge in [-0.3, -0.25) is 0 Å². The van der Waals surface area contributed by atoms with Crippen LogP contribution in [0.5, 0.6) is 0 Å². The zero-order valence-corrected chi connectivity index (χ0v) is 16.4. The minimum absolute atomic E-state index is 0.128. The van der Waals surface area contributed by atoms with Crippen LogP contribution in [0.25, 0.3) is 10.6 Å². The van der Waals surface area contributed by atoms with Crippen LogP contribution in [-0.4, -0.2) is 4.98 Å². The number of halogens is 3. The van der Waals surface area contributed by atoms with Crippen LogP contribution in [0.2, 0.25) is 5.02 Å². The zero-order valence-electron chi connectivity index (χ0n) is 12.7. The Morgan fingerprint density at radius 3 is 2.70 bits per heavy atom. The lowest BCUT2D eigenvalue weighted by Crippen LogP contribution is -1.95. The Morgan fingerprint density at radius 2 is 1.96 bits per heavy atom. The Balaban J connectivity index is 1.88. The maximum Gasteiger partial charge on any atom is 0.141 e. The smallest absolute Gasteiger partial charge is 0.141 e. The van der Waals surface area contributed by atoms with Crippen LogP contribution in [0, 0.1) is 23.2 Å². The Bertz CT molecular complexity index is 875. The Hall–Kier alpha value is -0.980. The van der Waals surface area contributed by atoms with E-state index in [1.54, 1.807) is 23.5 Å². The number of hydrogen-bond donors (Lipinski definition) is 0. The molecule has 3 rings (SSSR count). The Morgan fingerprint density at radius 1 is 1.17 bits per heavy atom. The van der Waals surface area contributed by atoms with Crippen molar-refractivity contribution in [1.29, 1.82) is 0 Å². The third-order valence-corrected chi connectivity index (χ3v) is 6.10. The molecule has 0 N–H and O–H groups in total. The van der Waals surface area contributed by atoms with Crippen molar-refractivity contribution in [2.45, 2.75) is 20.3 Å². The summed E-state index contributed by atoms with van der Waals surface area (Å²) in [6.45, 7) is 4.25. The third kappa shape index (κ3) is 3.75. The Labute approximate surface area is 157 Å². The van der Waals surface area contributed by atoms with Gasteiger partial charge in [-0.1, -0.05) is 17.7 Å². The van der Waals surface area contributed by atoms with Crippen molar-refractivity contribution < 1.29 is 4.39 Å². The van der Waals surface area contributed by atoms with Crippen LogP contribution in [0.4, 0.5) is 4.39 Å². The number of rotatable bonds is 3. The second-order valence-electron chi connectivity index (χ2n) is 5.48. The number of aromatic nitrogens is 1. The predicted octanol–water partition coefficient (Wildman–Crippen LogP) is 6.41. The lowest BCUT2D eigenvalue weighted by molar-refractivity contribution is 0.628. The third-order valence-electron chi connectivity index (χ3n) is 3.71. The van der Waals surface area contributed by atoms with Gasteiger partial charge in [0.15, 0.2) is 0 Å². The topological polar surface area (TPSA) is 12.9 Å². The first-order valence-electron chi connectivity index (χ1n) is 7.09. The first-order valence-corrected chi connectivity index (χ1v) is 9.43. The van der Waals surface area contributed by atoms with E-state index in [9.17, 15) is 4.39 Å². The molecule has 0 saturated carbocycles. The molecule has 0 bridgehead atoms. The number of hydrogen-bond acceptors (Lipinski definition) is 2. The first kappa shape index (κ1) is 16.9. The molecule has 5 heteroatoms. The molecule has 3 aromatic rings. The summed E-state index contributed by atoms with van der Waals surface area (Å²) in [5.74, 6) is -0.405. The summed E-state index contributed by atoms with van der Waals surface area (Å²) in [5.41, 5.74) is 5.72. The van der Waals surface area contributed by atoms with Gasteiger partial charge in [0.05, 0.1) is 10.7 Å². The fourth-order valence-electron chi connectivity index (χ4n) is 2.38. The summed E-state index contributed by atoms with van der Waals surface area (Å²) in [7, 11) is 0. The van der Waals surface area contributed by atoms with Crippen LogP contribution < -0.4 is 0 Å². The highest BCUT2D eigenvalue weighted by atomic mass is 127. The van der Waals surface area contributed by atoms with E-state index in [1.165, 1.54) is 26.3 Å². The van der Waals surface area contributed by atoms with Gasteiger partial charge >= 0.3 is 0 Å². The molecule has 0 spiro atoms. The average molecular weight is 458 g/mol. The maximum absolute atomic E-state index is 13.3. The fourth-order valence-corrected chi connectivity index (χ4v) is 4.00. The largest absolute Gasteiger partial charge is 0.241 e. The normalized spacial score (nSPS) is 11.0. The van der Waals surface area contributed by atoms with Crippen molar-refractivity contribution in [3.63, 3.8) is 0 Å². The lowest BCUT2D eigenvalue weighted by atomic mass is 10.0. The van der Waals surface area contributed by atoms with Crippen molar-refractivity contribution in [1.82, 2.24) is 4.98 Å². The molecule has 0 unspecified atom stereocenters. The zero-order chi connectivity index (χ0) is 16.6. The van der Waals surface area contributed by atoms with Crippen molar-refractivity contribution >= 4 is 45.5 Å². The fraction of sp³-hybridized carbons (Fsp3) is 0.167. The van der Waals surface area contributed by atoms with E-state index in [0.717, 1.165) is 22.7 Å². The summed E-state index contributed by atoms with van der Waals surface area (Å²) >= 11 is 9.77. The van der Waals surface area contributed by atoms with Gasteiger partial charge in [0.25, 0.3) is 0 Å². The quantitative estimate of drug-likeness (QED) is 0.414. The lowest BCUT2D eigenvalue weighted by Gasteiger charge is -2.07. The highest BCUT2D eigenvalue weighted by Crippen LogP contribution is 2.29. The summed E-state index contributed by atoms with van der Waals surface area (Å²) < 4.78 is 14.6. The number of benzene rings is 2. The molecule has 118 valence electrons. The second-order valence-corrected chi connectivity index (χ2v) is 7.91. The molecule has 0 atom stereocenters. The molecule has 1 nitrogen and oxygen atoms in total. The average Bonchev–Trinajstić information content (AvgIpc) is 2.96. The van der Waals surface area contributed by atoms with E-state index in [1.807, 2.05) is 0 Å². The van der Waals surface area contributed by atoms with Gasteiger partial charge < -0.3 is 0 Å². The summed E-state index contributed by atoms with van der Waals surface area (Å²) in [5, 5.41) is 3.05. The van der Waals surface area contributed by atoms with Gasteiger partial charge in [0.2, 0.25) is 0 Å². The van der Waals surface area contributed by atoms with Crippen molar-refractivity contribution in [2.24, 2.45) is 0 Å². The van der Waals surface area contributed by atoms with Crippen LogP contribution in [0.1, 0.15) is 22.4 Å². The molecule has 2 aromatic carbocycles. The van der Waals surface area contributed by atoms with Gasteiger partial charge in [-0.15, -0.1) is 11.3 Å². The Kier molecular flexibility index (Phi) is 5.04. The highest BCUT2D eigenvalue weighted by Gasteiger charge is 2.10. The van der Waals surface area contributed by atoms with Gasteiger partial charge in [-0.25, -0.2) is 9.37 Å². The molecule has 0 aliphatic rings. The number of thiazole rings is 1. The molecular formula is C18H14ClFINS. The molecule has 0 radical (unpaired) electrons. The highest BCUT2D eigenvalue weighted by molar-refractivity contribution is 14.1. The van der Waals surface area contributed by atoms with E-state index < -0.39 is 5.82 Å². The standard InChI is InChI=1S/C18H14ClFINS/c1-10-6-17(21)11(2)5-13(10)7-14-9-23-18(22-14)12-3-4-16(20)15(19)8-12/h3-6,8-9H,7H2,1-2H3. The van der Waals surface area contributed by atoms with E-state index in [4.69, 9.17) is 11.6 Å². The van der Waals surface area contributed by atoms with Gasteiger partial charge in [-0.05, 0) is 77.4 Å². The molecule has 1 aromatic heterocycles. The molecule has 0 aliphatic heterocycles. The molecule has 0 aliphatic carbocycles. The molecule has 23 heavy (non-hydrogen) atoms. The molecule has 0 amide bonds. The number of nitrogens with zero attached hydrogens (tertiary/aromatic N) is 1. The van der Waals surface area contributed by atoms with Crippen LogP contribution in [-0.2, 0) is 6.42 Å². The van der Waals surface area contributed by atoms with Crippen LogP contribution in [0.15, 0.2) is 35.7 Å². The minimum atomic E-state index is -0.405. The van der Waals surface area contributed by atoms with Gasteiger partial charge in [0, 0.05) is 20.9 Å². The monoisotopic (exact) mass is 457 g/mol. The minimum Gasteiger partial charge on any atom is -0.241 e. The maximum atomic E-state index is 13.3. The van der Waals surface area contributed by atoms with Crippen LogP contribution >= 0.6 is 45.5 Å². The van der Waals surface area contributed by atoms with Gasteiger partial charge in [0.1, 0.15) is 10.8 Å². The molecule has 0 fully saturated rings. The molecule has 1 heterocycles. The predicted molar refractivity (Wildman–Crippen MR) is 104 cm³/mol. The summed E-state index contributed by atoms with van der Waals surface area (Å²) in [6, 6.07) is 9.15. The molecular weight excluding hydrogens is 444 g/mol. The van der Waals surface area contributed by atoms with E-state index in [-0.39, 0.29) is 5.02 Å². The molecule has 0 saturated heterocycles. The van der Waals surface area contributed by atoms with E-state index in [2.05, 4.69) is 58.9 Å². The summed E-state index contributed by atoms with van der Waals surface area (Å²) in [6.07, 6.45) is 0.801. The van der Waals surface area contributed by atoms with Crippen molar-refractivity contribution in [3.8, 4) is 10.6 Å². The van der Waals surface area contributed by atoms with Crippen molar-refractivity contribution in [2.75, 3.05) is 0 Å².